The maximum Gasteiger partial charge on any atom is 0.132 e. The van der Waals surface area contributed by atoms with Crippen molar-refractivity contribution in [3.63, 3.8) is 0 Å². The van der Waals surface area contributed by atoms with E-state index in [-0.39, 0.29) is 5.82 Å². The van der Waals surface area contributed by atoms with E-state index in [2.05, 4.69) is 4.98 Å². The van der Waals surface area contributed by atoms with E-state index in [4.69, 9.17) is 4.74 Å². The Morgan fingerprint density at radius 3 is 3.00 bits per heavy atom. The zero-order valence-corrected chi connectivity index (χ0v) is 9.06. The summed E-state index contributed by atoms with van der Waals surface area (Å²) in [5.74, 6) is 0.225. The number of halogens is 1. The molecule has 84 valence electrons. The maximum absolute atomic E-state index is 12.9. The molecule has 0 amide bonds. The molecule has 1 aromatic heterocycles. The summed E-state index contributed by atoms with van der Waals surface area (Å²) in [7, 11) is 0. The van der Waals surface area contributed by atoms with Crippen molar-refractivity contribution in [2.45, 2.75) is 20.1 Å². The van der Waals surface area contributed by atoms with Crippen LogP contribution in [0.5, 0.6) is 5.75 Å². The minimum absolute atomic E-state index is 0.295. The first kappa shape index (κ1) is 10.7. The van der Waals surface area contributed by atoms with Crippen LogP contribution in [0.1, 0.15) is 12.6 Å². The summed E-state index contributed by atoms with van der Waals surface area (Å²) in [6, 6.07) is 6.09. The first-order valence-corrected chi connectivity index (χ1v) is 5.17. The molecule has 1 heterocycles. The molecule has 0 saturated heterocycles. The molecule has 2 rings (SSSR count). The summed E-state index contributed by atoms with van der Waals surface area (Å²) < 4.78 is 20.2. The summed E-state index contributed by atoms with van der Waals surface area (Å²) in [5.41, 5.74) is 0.839. The monoisotopic (exact) mass is 220 g/mol. The van der Waals surface area contributed by atoms with Gasteiger partial charge in [-0.2, -0.15) is 0 Å². The van der Waals surface area contributed by atoms with E-state index in [1.54, 1.807) is 18.5 Å². The smallest absolute Gasteiger partial charge is 0.132 e. The molecule has 16 heavy (non-hydrogen) atoms. The number of aromatic nitrogens is 2. The topological polar surface area (TPSA) is 27.1 Å². The molecule has 0 spiro atoms. The number of nitrogens with zero attached hydrogens (tertiary/aromatic N) is 2. The molecule has 1 aromatic carbocycles. The molecule has 0 aliphatic carbocycles. The van der Waals surface area contributed by atoms with Crippen LogP contribution in [0.2, 0.25) is 0 Å². The Morgan fingerprint density at radius 1 is 1.44 bits per heavy atom. The van der Waals surface area contributed by atoms with Crippen LogP contribution < -0.4 is 4.74 Å². The molecule has 0 aliphatic rings. The quantitative estimate of drug-likeness (QED) is 0.792. The summed E-state index contributed by atoms with van der Waals surface area (Å²) in [6.07, 6.45) is 3.67. The van der Waals surface area contributed by atoms with Gasteiger partial charge in [0.15, 0.2) is 0 Å². The molecule has 3 nitrogen and oxygen atoms in total. The van der Waals surface area contributed by atoms with Gasteiger partial charge in [-0.15, -0.1) is 0 Å². The third-order valence-corrected chi connectivity index (χ3v) is 2.23. The van der Waals surface area contributed by atoms with E-state index in [9.17, 15) is 4.39 Å². The second-order valence-electron chi connectivity index (χ2n) is 3.44. The van der Waals surface area contributed by atoms with Crippen LogP contribution in [0.3, 0.4) is 0 Å². The van der Waals surface area contributed by atoms with Gasteiger partial charge in [-0.3, -0.25) is 0 Å². The standard InChI is InChI=1S/C12H13FN2O/c1-2-15-7-11(14-9-15)8-16-12-5-3-4-10(13)6-12/h3-7,9H,2,8H2,1H3. The maximum atomic E-state index is 12.9. The van der Waals surface area contributed by atoms with Gasteiger partial charge in [-0.1, -0.05) is 6.07 Å². The molecular formula is C12H13FN2O. The fourth-order valence-electron chi connectivity index (χ4n) is 1.37. The van der Waals surface area contributed by atoms with Gasteiger partial charge >= 0.3 is 0 Å². The zero-order chi connectivity index (χ0) is 11.4. The van der Waals surface area contributed by atoms with Gasteiger partial charge in [-0.25, -0.2) is 9.37 Å². The molecule has 0 fully saturated rings. The molecule has 2 aromatic rings. The van der Waals surface area contributed by atoms with E-state index in [1.807, 2.05) is 17.7 Å². The minimum Gasteiger partial charge on any atom is -0.487 e. The number of hydrogen-bond acceptors (Lipinski definition) is 2. The van der Waals surface area contributed by atoms with E-state index < -0.39 is 0 Å². The summed E-state index contributed by atoms with van der Waals surface area (Å²) in [4.78, 5) is 4.17. The van der Waals surface area contributed by atoms with E-state index in [0.29, 0.717) is 12.4 Å². The third kappa shape index (κ3) is 2.59. The van der Waals surface area contributed by atoms with Gasteiger partial charge in [-0.05, 0) is 19.1 Å². The van der Waals surface area contributed by atoms with Crippen molar-refractivity contribution in [2.24, 2.45) is 0 Å². The van der Waals surface area contributed by atoms with Crippen LogP contribution in [0.15, 0.2) is 36.8 Å². The summed E-state index contributed by atoms with van der Waals surface area (Å²) in [6.45, 7) is 3.28. The lowest BCUT2D eigenvalue weighted by atomic mass is 10.3. The Hall–Kier alpha value is -1.84. The van der Waals surface area contributed by atoms with Crippen LogP contribution in [0.4, 0.5) is 4.39 Å². The molecule has 0 aliphatic heterocycles. The third-order valence-electron chi connectivity index (χ3n) is 2.23. The zero-order valence-electron chi connectivity index (χ0n) is 9.06. The Morgan fingerprint density at radius 2 is 2.31 bits per heavy atom. The van der Waals surface area contributed by atoms with Gasteiger partial charge in [0.05, 0.1) is 12.0 Å². The molecule has 0 unspecified atom stereocenters. The van der Waals surface area contributed by atoms with Crippen molar-refractivity contribution in [1.29, 1.82) is 0 Å². The molecule has 0 bridgehead atoms. The highest BCUT2D eigenvalue weighted by molar-refractivity contribution is 5.22. The molecule has 4 heteroatoms. The van der Waals surface area contributed by atoms with Crippen molar-refractivity contribution in [1.82, 2.24) is 9.55 Å². The van der Waals surface area contributed by atoms with Crippen LogP contribution in [-0.4, -0.2) is 9.55 Å². The van der Waals surface area contributed by atoms with E-state index >= 15 is 0 Å². The van der Waals surface area contributed by atoms with Crippen LogP contribution in [-0.2, 0) is 13.2 Å². The van der Waals surface area contributed by atoms with E-state index in [0.717, 1.165) is 12.2 Å². The van der Waals surface area contributed by atoms with Crippen molar-refractivity contribution in [3.05, 3.63) is 48.3 Å². The van der Waals surface area contributed by atoms with Crippen LogP contribution in [0, 0.1) is 5.82 Å². The Bertz CT molecular complexity index is 468. The average Bonchev–Trinajstić information content (AvgIpc) is 2.74. The fourth-order valence-corrected chi connectivity index (χ4v) is 1.37. The molecular weight excluding hydrogens is 207 g/mol. The lowest BCUT2D eigenvalue weighted by Crippen LogP contribution is -1.96. The first-order chi connectivity index (χ1) is 7.78. The Balaban J connectivity index is 1.96. The second kappa shape index (κ2) is 4.79. The fraction of sp³-hybridized carbons (Fsp3) is 0.250. The van der Waals surface area contributed by atoms with Gasteiger partial charge in [0.2, 0.25) is 0 Å². The second-order valence-corrected chi connectivity index (χ2v) is 3.44. The van der Waals surface area contributed by atoms with Gasteiger partial charge in [0.1, 0.15) is 18.2 Å². The van der Waals surface area contributed by atoms with Gasteiger partial charge < -0.3 is 9.30 Å². The Kier molecular flexibility index (Phi) is 3.19. The number of hydrogen-bond donors (Lipinski definition) is 0. The van der Waals surface area contributed by atoms with Crippen molar-refractivity contribution < 1.29 is 9.13 Å². The predicted octanol–water partition coefficient (Wildman–Crippen LogP) is 2.62. The number of ether oxygens (including phenoxy) is 1. The highest BCUT2D eigenvalue weighted by Crippen LogP contribution is 2.13. The summed E-state index contributed by atoms with van der Waals surface area (Å²) >= 11 is 0. The Labute approximate surface area is 93.5 Å². The number of rotatable bonds is 4. The van der Waals surface area contributed by atoms with Crippen molar-refractivity contribution >= 4 is 0 Å². The molecule has 0 radical (unpaired) electrons. The molecule has 0 N–H and O–H groups in total. The normalized spacial score (nSPS) is 10.4. The highest BCUT2D eigenvalue weighted by Gasteiger charge is 2.00. The largest absolute Gasteiger partial charge is 0.487 e. The highest BCUT2D eigenvalue weighted by atomic mass is 19.1. The van der Waals surface area contributed by atoms with Crippen molar-refractivity contribution in [3.8, 4) is 5.75 Å². The summed E-state index contributed by atoms with van der Waals surface area (Å²) in [5, 5.41) is 0. The van der Waals surface area contributed by atoms with Crippen LogP contribution >= 0.6 is 0 Å². The lowest BCUT2D eigenvalue weighted by Gasteiger charge is -2.03. The number of imidazole rings is 1. The van der Waals surface area contributed by atoms with Crippen molar-refractivity contribution in [2.75, 3.05) is 0 Å². The SMILES string of the molecule is CCn1cnc(COc2cccc(F)c2)c1. The average molecular weight is 220 g/mol. The first-order valence-electron chi connectivity index (χ1n) is 5.17. The van der Waals surface area contributed by atoms with Crippen LogP contribution in [0.25, 0.3) is 0 Å². The lowest BCUT2D eigenvalue weighted by molar-refractivity contribution is 0.300. The van der Waals surface area contributed by atoms with Gasteiger partial charge in [0, 0.05) is 18.8 Å². The number of aryl methyl sites for hydroxylation is 1. The molecule has 0 saturated carbocycles. The van der Waals surface area contributed by atoms with E-state index in [1.165, 1.54) is 12.1 Å². The van der Waals surface area contributed by atoms with Gasteiger partial charge in [0.25, 0.3) is 0 Å². The predicted molar refractivity (Wildman–Crippen MR) is 58.6 cm³/mol. The molecule has 0 atom stereocenters. The number of benzene rings is 1. The minimum atomic E-state index is -0.295.